The number of hydrogen-bond acceptors (Lipinski definition) is 5. The summed E-state index contributed by atoms with van der Waals surface area (Å²) in [6.07, 6.45) is 4.83. The standard InChI is InChI=1S/C14H20N4O/c1-10-11(2)17-18-14(13(10)9-15)16-7-6-12-5-3-4-8-19-12/h12H,3-8H2,1-2H3,(H,16,18). The lowest BCUT2D eigenvalue weighted by Crippen LogP contribution is -2.22. The fourth-order valence-electron chi connectivity index (χ4n) is 2.26. The number of nitrogens with one attached hydrogen (secondary N) is 1. The van der Waals surface area contributed by atoms with Crippen molar-refractivity contribution in [3.8, 4) is 6.07 Å². The van der Waals surface area contributed by atoms with E-state index in [1.54, 1.807) is 0 Å². The summed E-state index contributed by atoms with van der Waals surface area (Å²) in [5.74, 6) is 0.585. The highest BCUT2D eigenvalue weighted by molar-refractivity contribution is 5.55. The minimum atomic E-state index is 0.339. The molecule has 2 heterocycles. The average molecular weight is 260 g/mol. The van der Waals surface area contributed by atoms with Crippen LogP contribution in [0.2, 0.25) is 0 Å². The second-order valence-electron chi connectivity index (χ2n) is 4.95. The van der Waals surface area contributed by atoms with Gasteiger partial charge in [-0.15, -0.1) is 5.10 Å². The van der Waals surface area contributed by atoms with Gasteiger partial charge in [0, 0.05) is 13.2 Å². The molecular formula is C14H20N4O. The van der Waals surface area contributed by atoms with E-state index in [-0.39, 0.29) is 0 Å². The zero-order valence-electron chi connectivity index (χ0n) is 11.6. The van der Waals surface area contributed by atoms with Gasteiger partial charge in [-0.2, -0.15) is 10.4 Å². The predicted molar refractivity (Wildman–Crippen MR) is 72.9 cm³/mol. The molecule has 2 rings (SSSR count). The molecule has 102 valence electrons. The van der Waals surface area contributed by atoms with E-state index in [9.17, 15) is 5.26 Å². The Morgan fingerprint density at radius 2 is 2.21 bits per heavy atom. The van der Waals surface area contributed by atoms with Crippen molar-refractivity contribution in [1.82, 2.24) is 10.2 Å². The predicted octanol–water partition coefficient (Wildman–Crippen LogP) is 2.34. The summed E-state index contributed by atoms with van der Waals surface area (Å²) in [5.41, 5.74) is 2.30. The first-order chi connectivity index (χ1) is 9.22. The van der Waals surface area contributed by atoms with Crippen LogP contribution in [0.1, 0.15) is 42.5 Å². The van der Waals surface area contributed by atoms with E-state index in [1.165, 1.54) is 12.8 Å². The van der Waals surface area contributed by atoms with Crippen LogP contribution >= 0.6 is 0 Å². The van der Waals surface area contributed by atoms with Crippen LogP contribution in [-0.4, -0.2) is 29.5 Å². The summed E-state index contributed by atoms with van der Waals surface area (Å²) in [6.45, 7) is 5.40. The number of aromatic nitrogens is 2. The Morgan fingerprint density at radius 3 is 2.89 bits per heavy atom. The first-order valence-electron chi connectivity index (χ1n) is 6.82. The van der Waals surface area contributed by atoms with Gasteiger partial charge < -0.3 is 10.1 Å². The Hall–Kier alpha value is -1.67. The van der Waals surface area contributed by atoms with Crippen LogP contribution in [0.25, 0.3) is 0 Å². The van der Waals surface area contributed by atoms with E-state index in [0.29, 0.717) is 17.5 Å². The van der Waals surface area contributed by atoms with Crippen molar-refractivity contribution in [2.75, 3.05) is 18.5 Å². The highest BCUT2D eigenvalue weighted by atomic mass is 16.5. The molecule has 0 aromatic carbocycles. The van der Waals surface area contributed by atoms with E-state index in [4.69, 9.17) is 4.74 Å². The van der Waals surface area contributed by atoms with Crippen molar-refractivity contribution < 1.29 is 4.74 Å². The first-order valence-corrected chi connectivity index (χ1v) is 6.82. The molecule has 0 amide bonds. The SMILES string of the molecule is Cc1nnc(NCCC2CCCCO2)c(C#N)c1C. The molecule has 1 N–H and O–H groups in total. The van der Waals surface area contributed by atoms with Crippen LogP contribution in [-0.2, 0) is 4.74 Å². The summed E-state index contributed by atoms with van der Waals surface area (Å²) < 4.78 is 5.67. The second-order valence-corrected chi connectivity index (χ2v) is 4.95. The van der Waals surface area contributed by atoms with Crippen LogP contribution in [0.3, 0.4) is 0 Å². The molecule has 1 aromatic rings. The molecular weight excluding hydrogens is 240 g/mol. The summed E-state index contributed by atoms with van der Waals surface area (Å²) in [5, 5.41) is 20.5. The zero-order chi connectivity index (χ0) is 13.7. The molecule has 1 saturated heterocycles. The molecule has 5 heteroatoms. The van der Waals surface area contributed by atoms with Crippen molar-refractivity contribution >= 4 is 5.82 Å². The lowest BCUT2D eigenvalue weighted by atomic mass is 10.1. The summed E-state index contributed by atoms with van der Waals surface area (Å²) in [7, 11) is 0. The number of anilines is 1. The third kappa shape index (κ3) is 3.42. The molecule has 0 spiro atoms. The van der Waals surface area contributed by atoms with Gasteiger partial charge in [-0.25, -0.2) is 0 Å². The highest BCUT2D eigenvalue weighted by Gasteiger charge is 2.14. The topological polar surface area (TPSA) is 70.8 Å². The lowest BCUT2D eigenvalue weighted by Gasteiger charge is -2.22. The molecule has 1 aliphatic heterocycles. The summed E-state index contributed by atoms with van der Waals surface area (Å²) in [6, 6.07) is 2.20. The van der Waals surface area contributed by atoms with Crippen molar-refractivity contribution in [1.29, 1.82) is 5.26 Å². The number of nitrogens with zero attached hydrogens (tertiary/aromatic N) is 3. The van der Waals surface area contributed by atoms with Crippen LogP contribution in [0, 0.1) is 25.2 Å². The van der Waals surface area contributed by atoms with Crippen LogP contribution < -0.4 is 5.32 Å². The second kappa shape index (κ2) is 6.48. The van der Waals surface area contributed by atoms with Crippen molar-refractivity contribution in [2.45, 2.75) is 45.6 Å². The molecule has 1 atom stereocenters. The van der Waals surface area contributed by atoms with Gasteiger partial charge in [-0.3, -0.25) is 0 Å². The summed E-state index contributed by atoms with van der Waals surface area (Å²) in [4.78, 5) is 0. The molecule has 1 aromatic heterocycles. The summed E-state index contributed by atoms with van der Waals surface area (Å²) >= 11 is 0. The number of ether oxygens (including phenoxy) is 1. The molecule has 0 radical (unpaired) electrons. The van der Waals surface area contributed by atoms with E-state index >= 15 is 0 Å². The van der Waals surface area contributed by atoms with E-state index < -0.39 is 0 Å². The smallest absolute Gasteiger partial charge is 0.166 e. The normalized spacial score (nSPS) is 18.9. The maximum atomic E-state index is 9.19. The molecule has 1 aliphatic rings. The van der Waals surface area contributed by atoms with Gasteiger partial charge in [-0.1, -0.05) is 0 Å². The molecule has 1 unspecified atom stereocenters. The maximum absolute atomic E-state index is 9.19. The third-order valence-corrected chi connectivity index (χ3v) is 3.60. The number of aryl methyl sites for hydroxylation is 1. The van der Waals surface area contributed by atoms with Gasteiger partial charge in [0.05, 0.1) is 11.8 Å². The highest BCUT2D eigenvalue weighted by Crippen LogP contribution is 2.18. The largest absolute Gasteiger partial charge is 0.378 e. The van der Waals surface area contributed by atoms with E-state index in [2.05, 4.69) is 21.6 Å². The molecule has 0 aliphatic carbocycles. The molecule has 0 bridgehead atoms. The Kier molecular flexibility index (Phi) is 4.69. The Labute approximate surface area is 114 Å². The van der Waals surface area contributed by atoms with Gasteiger partial charge in [0.2, 0.25) is 0 Å². The minimum absolute atomic E-state index is 0.339. The molecule has 1 fully saturated rings. The lowest BCUT2D eigenvalue weighted by molar-refractivity contribution is 0.0134. The molecule has 5 nitrogen and oxygen atoms in total. The number of hydrogen-bond donors (Lipinski definition) is 1. The fraction of sp³-hybridized carbons (Fsp3) is 0.643. The first kappa shape index (κ1) is 13.8. The monoisotopic (exact) mass is 260 g/mol. The minimum Gasteiger partial charge on any atom is -0.378 e. The fourth-order valence-corrected chi connectivity index (χ4v) is 2.26. The van der Waals surface area contributed by atoms with E-state index in [0.717, 1.165) is 37.3 Å². The van der Waals surface area contributed by atoms with Gasteiger partial charge in [0.25, 0.3) is 0 Å². The van der Waals surface area contributed by atoms with Gasteiger partial charge in [0.1, 0.15) is 11.6 Å². The van der Waals surface area contributed by atoms with Gasteiger partial charge >= 0.3 is 0 Å². The molecule has 0 saturated carbocycles. The Morgan fingerprint density at radius 1 is 1.37 bits per heavy atom. The Balaban J connectivity index is 1.92. The number of nitriles is 1. The van der Waals surface area contributed by atoms with Gasteiger partial charge in [-0.05, 0) is 45.1 Å². The van der Waals surface area contributed by atoms with Crippen molar-refractivity contribution in [3.63, 3.8) is 0 Å². The van der Waals surface area contributed by atoms with Crippen molar-refractivity contribution in [2.24, 2.45) is 0 Å². The number of rotatable bonds is 4. The quantitative estimate of drug-likeness (QED) is 0.899. The van der Waals surface area contributed by atoms with Crippen LogP contribution in [0.5, 0.6) is 0 Å². The van der Waals surface area contributed by atoms with E-state index in [1.807, 2.05) is 13.8 Å². The molecule has 19 heavy (non-hydrogen) atoms. The maximum Gasteiger partial charge on any atom is 0.166 e. The van der Waals surface area contributed by atoms with Crippen LogP contribution in [0.4, 0.5) is 5.82 Å². The Bertz CT molecular complexity index is 475. The van der Waals surface area contributed by atoms with Crippen molar-refractivity contribution in [3.05, 3.63) is 16.8 Å². The zero-order valence-corrected chi connectivity index (χ0v) is 11.6. The third-order valence-electron chi connectivity index (χ3n) is 3.60. The van der Waals surface area contributed by atoms with Crippen LogP contribution in [0.15, 0.2) is 0 Å². The van der Waals surface area contributed by atoms with Gasteiger partial charge in [0.15, 0.2) is 5.82 Å². The average Bonchev–Trinajstić information content (AvgIpc) is 2.44.